The van der Waals surface area contributed by atoms with Gasteiger partial charge in [0.05, 0.1) is 11.4 Å². The molecular weight excluding hydrogens is 279 g/mol. The van der Waals surface area contributed by atoms with Crippen LogP contribution in [0.3, 0.4) is 0 Å². The van der Waals surface area contributed by atoms with Crippen molar-refractivity contribution < 1.29 is 4.39 Å². The predicted molar refractivity (Wildman–Crippen MR) is 93.5 cm³/mol. The zero-order valence-electron chi connectivity index (χ0n) is 13.5. The summed E-state index contributed by atoms with van der Waals surface area (Å²) in [4.78, 5) is 4.18. The minimum absolute atomic E-state index is 0.369. The van der Waals surface area contributed by atoms with E-state index < -0.39 is 5.83 Å². The van der Waals surface area contributed by atoms with Gasteiger partial charge in [0.25, 0.3) is 0 Å². The fourth-order valence-electron chi connectivity index (χ4n) is 2.09. The van der Waals surface area contributed by atoms with Crippen LogP contribution >= 0.6 is 0 Å². The van der Waals surface area contributed by atoms with Crippen LogP contribution in [0, 0.1) is 6.92 Å². The highest BCUT2D eigenvalue weighted by Crippen LogP contribution is 2.24. The molecule has 0 aliphatic rings. The van der Waals surface area contributed by atoms with Crippen LogP contribution in [0.15, 0.2) is 58.5 Å². The van der Waals surface area contributed by atoms with Gasteiger partial charge in [-0.05, 0) is 50.1 Å². The normalized spacial score (nSPS) is 14.1. The molecule has 1 aromatic rings. The monoisotopic (exact) mass is 302 g/mol. The fraction of sp³-hybridized carbons (Fsp3) is 0.235. The average Bonchev–Trinajstić information content (AvgIpc) is 2.47. The van der Waals surface area contributed by atoms with Crippen LogP contribution in [-0.2, 0) is 0 Å². The summed E-state index contributed by atoms with van der Waals surface area (Å²) in [6, 6.07) is 5.63. The van der Waals surface area contributed by atoms with Crippen molar-refractivity contribution in [2.75, 3.05) is 18.1 Å². The number of nitrogen functional groups attached to an aromatic ring is 1. The van der Waals surface area contributed by atoms with E-state index in [4.69, 9.17) is 11.5 Å². The quantitative estimate of drug-likeness (QED) is 0.344. The van der Waals surface area contributed by atoms with Crippen molar-refractivity contribution >= 4 is 17.2 Å². The van der Waals surface area contributed by atoms with E-state index in [1.54, 1.807) is 20.9 Å². The molecule has 0 amide bonds. The predicted octanol–water partition coefficient (Wildman–Crippen LogP) is 3.68. The number of hydrogen-bond acceptors (Lipinski definition) is 3. The number of allylic oxidation sites excluding steroid dienone is 3. The summed E-state index contributed by atoms with van der Waals surface area (Å²) in [5.41, 5.74) is 15.6. The summed E-state index contributed by atoms with van der Waals surface area (Å²) in [5, 5.41) is 3.12. The van der Waals surface area contributed by atoms with Crippen molar-refractivity contribution in [1.29, 1.82) is 0 Å². The number of nitrogens with two attached hydrogens (primary N) is 2. The molecule has 0 aliphatic carbocycles. The molecule has 118 valence electrons. The number of anilines is 2. The Bertz CT molecular complexity index is 665. The molecule has 0 saturated heterocycles. The Morgan fingerprint density at radius 3 is 2.45 bits per heavy atom. The average molecular weight is 302 g/mol. The minimum atomic E-state index is -0.445. The summed E-state index contributed by atoms with van der Waals surface area (Å²) in [5.74, 6) is 0.00433. The van der Waals surface area contributed by atoms with Gasteiger partial charge in [0.1, 0.15) is 11.7 Å². The summed E-state index contributed by atoms with van der Waals surface area (Å²) >= 11 is 0. The summed E-state index contributed by atoms with van der Waals surface area (Å²) in [6.07, 6.45) is 1.14. The van der Waals surface area contributed by atoms with E-state index in [1.807, 2.05) is 25.1 Å². The Balaban J connectivity index is 3.30. The molecule has 5 heteroatoms. The van der Waals surface area contributed by atoms with Gasteiger partial charge >= 0.3 is 0 Å². The van der Waals surface area contributed by atoms with E-state index in [0.717, 1.165) is 11.6 Å². The summed E-state index contributed by atoms with van der Waals surface area (Å²) < 4.78 is 13.9. The van der Waals surface area contributed by atoms with Gasteiger partial charge < -0.3 is 16.8 Å². The molecular formula is C17H23FN4. The molecule has 1 aromatic carbocycles. The van der Waals surface area contributed by atoms with Crippen LogP contribution < -0.4 is 16.8 Å². The second kappa shape index (κ2) is 7.45. The number of rotatable bonds is 4. The Morgan fingerprint density at radius 1 is 1.36 bits per heavy atom. The summed E-state index contributed by atoms with van der Waals surface area (Å²) in [6.45, 7) is 8.72. The maximum Gasteiger partial charge on any atom is 0.134 e. The Morgan fingerprint density at radius 2 is 2.00 bits per heavy atom. The molecule has 0 aromatic heterocycles. The maximum absolute atomic E-state index is 13.9. The van der Waals surface area contributed by atoms with Gasteiger partial charge in [-0.2, -0.15) is 0 Å². The topological polar surface area (TPSA) is 76.4 Å². The molecule has 4 nitrogen and oxygen atoms in total. The second-order valence-corrected chi connectivity index (χ2v) is 5.02. The molecule has 0 atom stereocenters. The zero-order valence-corrected chi connectivity index (χ0v) is 13.5. The van der Waals surface area contributed by atoms with Crippen molar-refractivity contribution in [2.24, 2.45) is 10.7 Å². The standard InChI is InChI=1S/C17H23FN4/c1-6-13(18)11(3)16(12(4)19)17(21-5)22-15-8-7-10(2)9-14(15)20/h6-9H,1,19-20H2,2-5H3,(H,21,22)/b13-11-,16-12?. The van der Waals surface area contributed by atoms with Crippen LogP contribution in [0.2, 0.25) is 0 Å². The van der Waals surface area contributed by atoms with Crippen LogP contribution in [0.4, 0.5) is 15.8 Å². The van der Waals surface area contributed by atoms with Gasteiger partial charge in [-0.25, -0.2) is 4.39 Å². The van der Waals surface area contributed by atoms with Gasteiger partial charge in [0.15, 0.2) is 0 Å². The fourth-order valence-corrected chi connectivity index (χ4v) is 2.09. The van der Waals surface area contributed by atoms with E-state index in [0.29, 0.717) is 34.1 Å². The molecule has 0 unspecified atom stereocenters. The zero-order chi connectivity index (χ0) is 16.9. The van der Waals surface area contributed by atoms with Gasteiger partial charge in [-0.3, -0.25) is 4.99 Å². The number of benzene rings is 1. The van der Waals surface area contributed by atoms with E-state index in [9.17, 15) is 4.39 Å². The third-order valence-corrected chi connectivity index (χ3v) is 3.23. The molecule has 0 bridgehead atoms. The van der Waals surface area contributed by atoms with Gasteiger partial charge in [0.2, 0.25) is 0 Å². The second-order valence-electron chi connectivity index (χ2n) is 5.02. The molecule has 0 aliphatic heterocycles. The molecule has 0 spiro atoms. The molecule has 5 N–H and O–H groups in total. The van der Waals surface area contributed by atoms with Gasteiger partial charge in [-0.1, -0.05) is 12.6 Å². The van der Waals surface area contributed by atoms with Crippen molar-refractivity contribution in [1.82, 2.24) is 0 Å². The third-order valence-electron chi connectivity index (χ3n) is 3.23. The summed E-state index contributed by atoms with van der Waals surface area (Å²) in [7, 11) is 1.61. The first-order valence-electron chi connectivity index (χ1n) is 6.87. The lowest BCUT2D eigenvalue weighted by Gasteiger charge is -2.17. The third kappa shape index (κ3) is 3.97. The SMILES string of the molecule is C=C/C(F)=C(\C)C(C(=NC)Nc1ccc(C)cc1N)=C(C)N. The Kier molecular flexibility index (Phi) is 5.92. The molecule has 0 fully saturated rings. The van der Waals surface area contributed by atoms with Gasteiger partial charge in [-0.15, -0.1) is 0 Å². The molecule has 0 radical (unpaired) electrons. The number of aliphatic imine (C=N–C) groups is 1. The minimum Gasteiger partial charge on any atom is -0.402 e. The lowest BCUT2D eigenvalue weighted by molar-refractivity contribution is 0.657. The Labute approximate surface area is 131 Å². The number of aryl methyl sites for hydroxylation is 1. The van der Waals surface area contributed by atoms with E-state index in [2.05, 4.69) is 16.9 Å². The first-order chi connectivity index (χ1) is 10.3. The van der Waals surface area contributed by atoms with Crippen LogP contribution in [-0.4, -0.2) is 12.9 Å². The molecule has 22 heavy (non-hydrogen) atoms. The lowest BCUT2D eigenvalue weighted by atomic mass is 10.0. The van der Waals surface area contributed by atoms with Crippen LogP contribution in [0.5, 0.6) is 0 Å². The van der Waals surface area contributed by atoms with Crippen molar-refractivity contribution in [2.45, 2.75) is 20.8 Å². The largest absolute Gasteiger partial charge is 0.402 e. The van der Waals surface area contributed by atoms with E-state index in [1.165, 1.54) is 0 Å². The maximum atomic E-state index is 13.9. The first kappa shape index (κ1) is 17.5. The number of halogens is 1. The van der Waals surface area contributed by atoms with Gasteiger partial charge in [0, 0.05) is 18.3 Å². The van der Waals surface area contributed by atoms with Crippen molar-refractivity contribution in [3.63, 3.8) is 0 Å². The number of hydrogen-bond donors (Lipinski definition) is 3. The Hall–Kier alpha value is -2.56. The highest BCUT2D eigenvalue weighted by molar-refractivity contribution is 6.12. The van der Waals surface area contributed by atoms with Crippen LogP contribution in [0.1, 0.15) is 19.4 Å². The molecule has 0 saturated carbocycles. The highest BCUT2D eigenvalue weighted by atomic mass is 19.1. The molecule has 0 heterocycles. The van der Waals surface area contributed by atoms with E-state index in [-0.39, 0.29) is 0 Å². The smallest absolute Gasteiger partial charge is 0.134 e. The number of nitrogens with one attached hydrogen (secondary N) is 1. The van der Waals surface area contributed by atoms with E-state index >= 15 is 0 Å². The van der Waals surface area contributed by atoms with Crippen molar-refractivity contribution in [3.8, 4) is 0 Å². The van der Waals surface area contributed by atoms with Crippen molar-refractivity contribution in [3.05, 3.63) is 59.1 Å². The van der Waals surface area contributed by atoms with Crippen LogP contribution in [0.25, 0.3) is 0 Å². The number of amidine groups is 1. The lowest BCUT2D eigenvalue weighted by Crippen LogP contribution is -2.20. The highest BCUT2D eigenvalue weighted by Gasteiger charge is 2.15. The number of nitrogens with zero attached hydrogens (tertiary/aromatic N) is 1. The molecule has 1 rings (SSSR count). The first-order valence-corrected chi connectivity index (χ1v) is 6.87.